The highest BCUT2D eigenvalue weighted by atomic mass is 16.5. The van der Waals surface area contributed by atoms with Gasteiger partial charge in [0.1, 0.15) is 12.6 Å². The molecule has 6 nitrogen and oxygen atoms in total. The number of ether oxygens (including phenoxy) is 1. The Morgan fingerprint density at radius 2 is 0.827 bits per heavy atom. The van der Waals surface area contributed by atoms with Gasteiger partial charge in [-0.3, -0.25) is 14.4 Å². The summed E-state index contributed by atoms with van der Waals surface area (Å²) in [5.41, 5.74) is 0. The Labute approximate surface area is 322 Å². The van der Waals surface area contributed by atoms with Gasteiger partial charge in [0.2, 0.25) is 5.91 Å². The third-order valence-electron chi connectivity index (χ3n) is 10.4. The van der Waals surface area contributed by atoms with Crippen molar-refractivity contribution in [3.05, 3.63) is 12.2 Å². The fraction of sp³-hybridized carbons (Fsp3) is 0.891. The van der Waals surface area contributed by atoms with E-state index in [1.54, 1.807) is 0 Å². The molecule has 0 rings (SSSR count). The van der Waals surface area contributed by atoms with Crippen molar-refractivity contribution in [2.24, 2.45) is 0 Å². The van der Waals surface area contributed by atoms with Crippen LogP contribution < -0.4 is 5.32 Å². The van der Waals surface area contributed by atoms with Crippen LogP contribution in [0.25, 0.3) is 0 Å². The summed E-state index contributed by atoms with van der Waals surface area (Å²) in [5, 5.41) is 11.1. The summed E-state index contributed by atoms with van der Waals surface area (Å²) in [6.07, 6.45) is 49.1. The van der Waals surface area contributed by atoms with Gasteiger partial charge in [0.15, 0.2) is 0 Å². The van der Waals surface area contributed by atoms with E-state index in [1.807, 2.05) is 0 Å². The summed E-state index contributed by atoms with van der Waals surface area (Å²) in [4.78, 5) is 35.1. The van der Waals surface area contributed by atoms with E-state index >= 15 is 0 Å². The number of carbonyl (C=O) groups is 3. The molecule has 306 valence electrons. The third-order valence-corrected chi connectivity index (χ3v) is 10.4. The normalized spacial score (nSPS) is 12.0. The predicted molar refractivity (Wildman–Crippen MR) is 222 cm³/mol. The Hall–Kier alpha value is -1.85. The van der Waals surface area contributed by atoms with E-state index in [9.17, 15) is 14.4 Å². The first-order valence-electron chi connectivity index (χ1n) is 22.8. The van der Waals surface area contributed by atoms with E-state index in [0.29, 0.717) is 12.8 Å². The molecule has 52 heavy (non-hydrogen) atoms. The van der Waals surface area contributed by atoms with Crippen LogP contribution in [0, 0.1) is 0 Å². The molecule has 0 aliphatic heterocycles. The second-order valence-electron chi connectivity index (χ2n) is 15.7. The van der Waals surface area contributed by atoms with Crippen molar-refractivity contribution in [1.29, 1.82) is 0 Å². The molecule has 1 amide bonds. The second kappa shape index (κ2) is 41.9. The van der Waals surface area contributed by atoms with Crippen LogP contribution in [0.15, 0.2) is 12.2 Å². The zero-order chi connectivity index (χ0) is 38.0. The van der Waals surface area contributed by atoms with E-state index in [0.717, 1.165) is 64.2 Å². The van der Waals surface area contributed by atoms with Crippen molar-refractivity contribution < 1.29 is 24.2 Å². The summed E-state index contributed by atoms with van der Waals surface area (Å²) in [5.74, 6) is -1.22. The number of carboxylic acid groups (broad SMARTS) is 1. The molecule has 0 aromatic rings. The Balaban J connectivity index is 4.15. The number of carbonyl (C=O) groups excluding carboxylic acids is 2. The number of nitrogens with one attached hydrogen (secondary N) is 1. The highest BCUT2D eigenvalue weighted by Crippen LogP contribution is 2.19. The van der Waals surface area contributed by atoms with Gasteiger partial charge >= 0.3 is 11.9 Å². The molecule has 0 fully saturated rings. The number of aliphatic carboxylic acids is 1. The number of allylic oxidation sites excluding steroid dienone is 2. The van der Waals surface area contributed by atoms with Crippen LogP contribution in [0.4, 0.5) is 0 Å². The van der Waals surface area contributed by atoms with Crippen molar-refractivity contribution in [3.8, 4) is 0 Å². The molecule has 2 N–H and O–H groups in total. The van der Waals surface area contributed by atoms with Gasteiger partial charge in [-0.15, -0.1) is 0 Å². The van der Waals surface area contributed by atoms with Gasteiger partial charge in [0, 0.05) is 12.8 Å². The molecule has 0 aromatic heterocycles. The average molecular weight is 734 g/mol. The van der Waals surface area contributed by atoms with Crippen molar-refractivity contribution >= 4 is 17.8 Å². The van der Waals surface area contributed by atoms with Crippen molar-refractivity contribution in [3.63, 3.8) is 0 Å². The average Bonchev–Trinajstić information content (AvgIpc) is 3.13. The fourth-order valence-corrected chi connectivity index (χ4v) is 7.04. The number of hydrogen-bond donors (Lipinski definition) is 2. The van der Waals surface area contributed by atoms with Crippen LogP contribution >= 0.6 is 0 Å². The number of esters is 1. The summed E-state index contributed by atoms with van der Waals surface area (Å²) in [6.45, 7) is 4.24. The Kier molecular flexibility index (Phi) is 40.4. The van der Waals surface area contributed by atoms with E-state index in [-0.39, 0.29) is 24.5 Å². The largest absolute Gasteiger partial charge is 0.480 e. The summed E-state index contributed by atoms with van der Waals surface area (Å²) < 4.78 is 6.05. The highest BCUT2D eigenvalue weighted by Gasteiger charge is 2.14. The monoisotopic (exact) mass is 734 g/mol. The van der Waals surface area contributed by atoms with Gasteiger partial charge in [-0.2, -0.15) is 0 Å². The molecule has 0 saturated carbocycles. The van der Waals surface area contributed by atoms with Crippen molar-refractivity contribution in [1.82, 2.24) is 5.32 Å². The molecule has 1 unspecified atom stereocenters. The van der Waals surface area contributed by atoms with Gasteiger partial charge in [-0.05, 0) is 64.2 Å². The quantitative estimate of drug-likeness (QED) is 0.0370. The minimum absolute atomic E-state index is 0.0176. The van der Waals surface area contributed by atoms with Crippen LogP contribution in [-0.2, 0) is 19.1 Å². The zero-order valence-electron chi connectivity index (χ0n) is 34.7. The van der Waals surface area contributed by atoms with Crippen LogP contribution in [0.2, 0.25) is 0 Å². The zero-order valence-corrected chi connectivity index (χ0v) is 34.7. The van der Waals surface area contributed by atoms with Crippen molar-refractivity contribution in [2.75, 3.05) is 6.54 Å². The second-order valence-corrected chi connectivity index (χ2v) is 15.7. The molecule has 0 radical (unpaired) electrons. The lowest BCUT2D eigenvalue weighted by Gasteiger charge is -2.18. The van der Waals surface area contributed by atoms with Crippen LogP contribution in [0.5, 0.6) is 0 Å². The number of amides is 1. The van der Waals surface area contributed by atoms with Gasteiger partial charge in [0.25, 0.3) is 0 Å². The molecule has 6 heteroatoms. The van der Waals surface area contributed by atoms with Gasteiger partial charge in [-0.1, -0.05) is 187 Å². The molecule has 0 aliphatic rings. The topological polar surface area (TPSA) is 92.7 Å². The predicted octanol–water partition coefficient (Wildman–Crippen LogP) is 14.1. The maximum atomic E-state index is 12.8. The fourth-order valence-electron chi connectivity index (χ4n) is 7.04. The van der Waals surface area contributed by atoms with Crippen LogP contribution in [0.3, 0.4) is 0 Å². The Bertz CT molecular complexity index is 813. The minimum atomic E-state index is -1.01. The van der Waals surface area contributed by atoms with E-state index in [2.05, 4.69) is 31.3 Å². The lowest BCUT2D eigenvalue weighted by molar-refractivity contribution is -0.150. The summed E-state index contributed by atoms with van der Waals surface area (Å²) in [6, 6.07) is 0. The van der Waals surface area contributed by atoms with Gasteiger partial charge < -0.3 is 15.2 Å². The number of unbranched alkanes of at least 4 members (excludes halogenated alkanes) is 29. The van der Waals surface area contributed by atoms with E-state index in [4.69, 9.17) is 9.84 Å². The number of carboxylic acids is 1. The van der Waals surface area contributed by atoms with Gasteiger partial charge in [-0.25, -0.2) is 0 Å². The first kappa shape index (κ1) is 50.1. The maximum Gasteiger partial charge on any atom is 0.322 e. The molecule has 1 atom stereocenters. The van der Waals surface area contributed by atoms with Gasteiger partial charge in [0.05, 0.1) is 0 Å². The molecule has 0 bridgehead atoms. The van der Waals surface area contributed by atoms with Crippen molar-refractivity contribution in [2.45, 2.75) is 258 Å². The molecular weight excluding hydrogens is 647 g/mol. The smallest absolute Gasteiger partial charge is 0.322 e. The molecular formula is C46H87NO5. The Morgan fingerprint density at radius 1 is 0.481 bits per heavy atom. The van der Waals surface area contributed by atoms with E-state index in [1.165, 1.54) is 161 Å². The molecule has 0 aliphatic carbocycles. The lowest BCUT2D eigenvalue weighted by atomic mass is 10.0. The molecule has 0 aromatic carbocycles. The highest BCUT2D eigenvalue weighted by molar-refractivity contribution is 5.80. The summed E-state index contributed by atoms with van der Waals surface area (Å²) >= 11 is 0. The molecule has 0 heterocycles. The number of rotatable bonds is 42. The van der Waals surface area contributed by atoms with Crippen LogP contribution in [0.1, 0.15) is 251 Å². The first-order valence-corrected chi connectivity index (χ1v) is 22.8. The lowest BCUT2D eigenvalue weighted by Crippen LogP contribution is -2.28. The standard InChI is InChI=1S/C46H87NO5/c1-3-5-7-9-11-13-15-17-19-21-23-25-27-30-34-38-43(39-35-31-29-32-36-40-44(48)47-42-45(49)50)52-46(51)41-37-33-28-26-24-22-20-18-16-14-12-10-8-6-4-2/h18,20,43H,3-17,19,21-42H2,1-2H3,(H,47,48)(H,49,50)/b20-18-. The number of hydrogen-bond acceptors (Lipinski definition) is 4. The third kappa shape index (κ3) is 40.9. The maximum absolute atomic E-state index is 12.8. The molecule has 0 saturated heterocycles. The first-order chi connectivity index (χ1) is 25.5. The van der Waals surface area contributed by atoms with E-state index < -0.39 is 5.97 Å². The summed E-state index contributed by atoms with van der Waals surface area (Å²) in [7, 11) is 0. The molecule has 0 spiro atoms. The minimum Gasteiger partial charge on any atom is -0.480 e. The SMILES string of the molecule is CCCCCCCC/C=C\CCCCCCCC(=O)OC(CCCCCCCCCCCCCCCCC)CCCCCCCC(=O)NCC(=O)O. The Morgan fingerprint density at radius 3 is 1.23 bits per heavy atom. The van der Waals surface area contributed by atoms with Crippen LogP contribution in [-0.4, -0.2) is 35.6 Å².